The number of nitrogens with zero attached hydrogens (tertiary/aromatic N) is 2. The quantitative estimate of drug-likeness (QED) is 0.181. The van der Waals surface area contributed by atoms with Crippen molar-refractivity contribution in [2.24, 2.45) is 0 Å². The number of anilines is 1. The van der Waals surface area contributed by atoms with Crippen molar-refractivity contribution < 1.29 is 9.53 Å². The highest BCUT2D eigenvalue weighted by Crippen LogP contribution is 2.27. The summed E-state index contributed by atoms with van der Waals surface area (Å²) in [5.74, 6) is 0.822. The number of carbonyl (C=O) groups is 1. The van der Waals surface area contributed by atoms with Crippen molar-refractivity contribution >= 4 is 22.7 Å². The van der Waals surface area contributed by atoms with Gasteiger partial charge >= 0.3 is 5.97 Å². The second-order valence-electron chi connectivity index (χ2n) is 9.72. The third-order valence-corrected chi connectivity index (χ3v) is 6.95. The molecule has 0 unspecified atom stereocenters. The molecule has 0 fully saturated rings. The van der Waals surface area contributed by atoms with E-state index in [1.165, 1.54) is 11.1 Å². The van der Waals surface area contributed by atoms with Gasteiger partial charge in [-0.05, 0) is 59.9 Å². The maximum Gasteiger partial charge on any atom is 0.338 e. The van der Waals surface area contributed by atoms with Crippen molar-refractivity contribution in [3.05, 3.63) is 120 Å². The molecule has 0 atom stereocenters. The van der Waals surface area contributed by atoms with E-state index in [0.717, 1.165) is 66.0 Å². The number of nitrogens with one attached hydrogen (secondary N) is 1. The van der Waals surface area contributed by atoms with Gasteiger partial charge in [-0.25, -0.2) is 9.78 Å². The third kappa shape index (κ3) is 6.20. The van der Waals surface area contributed by atoms with Gasteiger partial charge in [0.1, 0.15) is 5.82 Å². The number of benzene rings is 4. The highest BCUT2D eigenvalue weighted by atomic mass is 16.5. The van der Waals surface area contributed by atoms with Crippen LogP contribution in [-0.4, -0.2) is 22.1 Å². The number of ether oxygens (including phenoxy) is 1. The molecule has 1 N–H and O–H groups in total. The minimum atomic E-state index is -0.292. The number of imidazole rings is 1. The molecule has 4 aromatic carbocycles. The molecular weight excluding hydrogens is 482 g/mol. The van der Waals surface area contributed by atoms with Crippen LogP contribution in [0.25, 0.3) is 22.2 Å². The number of unbranched alkanes of at least 4 members (excludes halogenated alkanes) is 1. The fourth-order valence-corrected chi connectivity index (χ4v) is 4.88. The fourth-order valence-electron chi connectivity index (χ4n) is 4.88. The average molecular weight is 518 g/mol. The molecule has 5 aromatic rings. The normalized spacial score (nSPS) is 11.0. The zero-order valence-corrected chi connectivity index (χ0v) is 22.7. The Balaban J connectivity index is 1.42. The molecule has 0 radical (unpaired) electrons. The summed E-state index contributed by atoms with van der Waals surface area (Å²) in [7, 11) is 0. The van der Waals surface area contributed by atoms with Crippen LogP contribution >= 0.6 is 0 Å². The first-order chi connectivity index (χ1) is 19.2. The lowest BCUT2D eigenvalue weighted by Gasteiger charge is -2.13. The predicted molar refractivity (Wildman–Crippen MR) is 159 cm³/mol. The Morgan fingerprint density at radius 2 is 1.64 bits per heavy atom. The van der Waals surface area contributed by atoms with E-state index in [1.807, 2.05) is 37.3 Å². The minimum Gasteiger partial charge on any atom is -0.462 e. The van der Waals surface area contributed by atoms with Gasteiger partial charge in [0.05, 0.1) is 23.2 Å². The number of fused-ring (bicyclic) bond motifs is 1. The van der Waals surface area contributed by atoms with Gasteiger partial charge in [-0.1, -0.05) is 86.1 Å². The predicted octanol–water partition coefficient (Wildman–Crippen LogP) is 7.88. The Bertz CT molecular complexity index is 1540. The average Bonchev–Trinajstić information content (AvgIpc) is 3.32. The molecule has 1 aromatic heterocycles. The number of esters is 1. The van der Waals surface area contributed by atoms with Gasteiger partial charge in [0, 0.05) is 25.2 Å². The summed E-state index contributed by atoms with van der Waals surface area (Å²) in [6.07, 6.45) is 3.18. The van der Waals surface area contributed by atoms with Crippen molar-refractivity contribution in [2.45, 2.75) is 46.2 Å². The van der Waals surface area contributed by atoms with Crippen LogP contribution in [0.5, 0.6) is 0 Å². The van der Waals surface area contributed by atoms with Gasteiger partial charge < -0.3 is 14.6 Å². The standard InChI is InChI=1S/C34H35N3O2/c1-3-5-15-33-36-31-21-20-28(35-23-25-11-7-6-8-12-25)22-32(31)37(33)24-26-16-18-27(19-17-26)29-13-9-10-14-30(29)34(38)39-4-2/h6-14,16-22,35H,3-5,15,23-24H2,1-2H3. The molecule has 0 saturated heterocycles. The van der Waals surface area contributed by atoms with E-state index in [2.05, 4.69) is 83.5 Å². The first-order valence-corrected chi connectivity index (χ1v) is 13.8. The maximum absolute atomic E-state index is 12.5. The van der Waals surface area contributed by atoms with E-state index >= 15 is 0 Å². The number of hydrogen-bond donors (Lipinski definition) is 1. The summed E-state index contributed by atoms with van der Waals surface area (Å²) in [5.41, 5.74) is 8.14. The molecule has 0 aliphatic heterocycles. The van der Waals surface area contributed by atoms with Gasteiger partial charge in [0.15, 0.2) is 0 Å². The van der Waals surface area contributed by atoms with Gasteiger partial charge in [0.25, 0.3) is 0 Å². The largest absolute Gasteiger partial charge is 0.462 e. The molecule has 0 aliphatic carbocycles. The van der Waals surface area contributed by atoms with Crippen LogP contribution in [-0.2, 0) is 24.2 Å². The lowest BCUT2D eigenvalue weighted by atomic mass is 9.98. The Morgan fingerprint density at radius 1 is 0.872 bits per heavy atom. The molecule has 0 saturated carbocycles. The summed E-state index contributed by atoms with van der Waals surface area (Å²) in [6.45, 7) is 5.90. The molecule has 0 amide bonds. The summed E-state index contributed by atoms with van der Waals surface area (Å²) >= 11 is 0. The SMILES string of the molecule is CCCCc1nc2ccc(NCc3ccccc3)cc2n1Cc1ccc(-c2ccccc2C(=O)OCC)cc1. The van der Waals surface area contributed by atoms with Crippen molar-refractivity contribution in [1.29, 1.82) is 0 Å². The zero-order chi connectivity index (χ0) is 27.0. The molecular formula is C34H35N3O2. The van der Waals surface area contributed by atoms with E-state index in [-0.39, 0.29) is 5.97 Å². The zero-order valence-electron chi connectivity index (χ0n) is 22.7. The van der Waals surface area contributed by atoms with Crippen molar-refractivity contribution in [2.75, 3.05) is 11.9 Å². The van der Waals surface area contributed by atoms with Crippen LogP contribution in [0, 0.1) is 0 Å². The van der Waals surface area contributed by atoms with E-state index < -0.39 is 0 Å². The van der Waals surface area contributed by atoms with Gasteiger partial charge in [-0.2, -0.15) is 0 Å². The van der Waals surface area contributed by atoms with E-state index in [1.54, 1.807) is 0 Å². The number of hydrogen-bond acceptors (Lipinski definition) is 4. The van der Waals surface area contributed by atoms with E-state index in [0.29, 0.717) is 12.2 Å². The Morgan fingerprint density at radius 3 is 2.41 bits per heavy atom. The van der Waals surface area contributed by atoms with Crippen molar-refractivity contribution in [1.82, 2.24) is 9.55 Å². The topological polar surface area (TPSA) is 56.2 Å². The van der Waals surface area contributed by atoms with Crippen LogP contribution in [0.1, 0.15) is 54.0 Å². The monoisotopic (exact) mass is 517 g/mol. The molecule has 198 valence electrons. The molecule has 5 rings (SSSR count). The molecule has 5 heteroatoms. The smallest absolute Gasteiger partial charge is 0.338 e. The van der Waals surface area contributed by atoms with Crippen LogP contribution < -0.4 is 5.32 Å². The highest BCUT2D eigenvalue weighted by molar-refractivity contribution is 5.97. The Kier molecular flexibility index (Phi) is 8.37. The van der Waals surface area contributed by atoms with Crippen molar-refractivity contribution in [3.8, 4) is 11.1 Å². The third-order valence-electron chi connectivity index (χ3n) is 6.95. The first kappa shape index (κ1) is 26.2. The second-order valence-corrected chi connectivity index (χ2v) is 9.72. The second kappa shape index (κ2) is 12.4. The molecule has 1 heterocycles. The molecule has 0 spiro atoms. The fraction of sp³-hybridized carbons (Fsp3) is 0.235. The summed E-state index contributed by atoms with van der Waals surface area (Å²) in [6, 6.07) is 33.0. The summed E-state index contributed by atoms with van der Waals surface area (Å²) < 4.78 is 7.62. The Hall–Kier alpha value is -4.38. The van der Waals surface area contributed by atoms with Crippen LogP contribution in [0.3, 0.4) is 0 Å². The molecule has 39 heavy (non-hydrogen) atoms. The minimum absolute atomic E-state index is 0.292. The van der Waals surface area contributed by atoms with E-state index in [4.69, 9.17) is 9.72 Å². The summed E-state index contributed by atoms with van der Waals surface area (Å²) in [4.78, 5) is 17.5. The molecule has 0 bridgehead atoms. The number of aryl methyl sites for hydroxylation is 1. The van der Waals surface area contributed by atoms with Crippen LogP contribution in [0.2, 0.25) is 0 Å². The number of rotatable bonds is 11. The van der Waals surface area contributed by atoms with E-state index in [9.17, 15) is 4.79 Å². The molecule has 5 nitrogen and oxygen atoms in total. The Labute approximate surface area is 230 Å². The first-order valence-electron chi connectivity index (χ1n) is 13.8. The van der Waals surface area contributed by atoms with Gasteiger partial charge in [-0.3, -0.25) is 0 Å². The lowest BCUT2D eigenvalue weighted by Crippen LogP contribution is -2.07. The number of carbonyl (C=O) groups excluding carboxylic acids is 1. The maximum atomic E-state index is 12.5. The van der Waals surface area contributed by atoms with Gasteiger partial charge in [-0.15, -0.1) is 0 Å². The summed E-state index contributed by atoms with van der Waals surface area (Å²) in [5, 5.41) is 3.57. The van der Waals surface area contributed by atoms with Crippen LogP contribution in [0.4, 0.5) is 5.69 Å². The molecule has 0 aliphatic rings. The van der Waals surface area contributed by atoms with Crippen molar-refractivity contribution in [3.63, 3.8) is 0 Å². The highest BCUT2D eigenvalue weighted by Gasteiger charge is 2.15. The lowest BCUT2D eigenvalue weighted by molar-refractivity contribution is 0.0527. The van der Waals surface area contributed by atoms with Crippen LogP contribution in [0.15, 0.2) is 97.1 Å². The number of aromatic nitrogens is 2. The van der Waals surface area contributed by atoms with Gasteiger partial charge in [0.2, 0.25) is 0 Å².